The Morgan fingerprint density at radius 2 is 1.90 bits per heavy atom. The van der Waals surface area contributed by atoms with E-state index in [0.717, 1.165) is 12.3 Å². The summed E-state index contributed by atoms with van der Waals surface area (Å²) >= 11 is 0. The Morgan fingerprint density at radius 3 is 2.52 bits per heavy atom. The predicted octanol–water partition coefficient (Wildman–Crippen LogP) is 2.12. The minimum atomic E-state index is -4.43. The van der Waals surface area contributed by atoms with E-state index in [1.54, 1.807) is 6.92 Å². The van der Waals surface area contributed by atoms with Gasteiger partial charge in [0.2, 0.25) is 0 Å². The van der Waals surface area contributed by atoms with Crippen molar-refractivity contribution in [2.45, 2.75) is 13.1 Å². The average molecular weight is 294 g/mol. The van der Waals surface area contributed by atoms with Gasteiger partial charge in [0.1, 0.15) is 11.6 Å². The zero-order valence-corrected chi connectivity index (χ0v) is 10.8. The van der Waals surface area contributed by atoms with E-state index in [2.05, 4.69) is 20.1 Å². The van der Waals surface area contributed by atoms with Crippen molar-refractivity contribution >= 4 is 16.9 Å². The zero-order valence-electron chi connectivity index (χ0n) is 10.8. The lowest BCUT2D eigenvalue weighted by Crippen LogP contribution is -2.08. The average Bonchev–Trinajstić information content (AvgIpc) is 2.82. The van der Waals surface area contributed by atoms with Gasteiger partial charge >= 0.3 is 6.18 Å². The Bertz CT molecular complexity index is 806. The SMILES string of the molecule is Cc1nc(N)c2cnn(-c3ccc(C(F)(F)F)cn3)c2n1. The summed E-state index contributed by atoms with van der Waals surface area (Å²) in [6.07, 6.45) is -2.23. The Hall–Kier alpha value is -2.71. The highest BCUT2D eigenvalue weighted by molar-refractivity contribution is 5.85. The van der Waals surface area contributed by atoms with Gasteiger partial charge in [-0.1, -0.05) is 0 Å². The predicted molar refractivity (Wildman–Crippen MR) is 68.6 cm³/mol. The highest BCUT2D eigenvalue weighted by atomic mass is 19.4. The molecule has 0 radical (unpaired) electrons. The van der Waals surface area contributed by atoms with Crippen molar-refractivity contribution in [1.82, 2.24) is 24.7 Å². The molecule has 0 aliphatic heterocycles. The first kappa shape index (κ1) is 13.3. The number of nitrogens with zero attached hydrogens (tertiary/aromatic N) is 5. The number of pyridine rings is 1. The van der Waals surface area contributed by atoms with Crippen molar-refractivity contribution in [1.29, 1.82) is 0 Å². The molecule has 0 saturated heterocycles. The van der Waals surface area contributed by atoms with Gasteiger partial charge in [-0.25, -0.2) is 15.0 Å². The Balaban J connectivity index is 2.13. The lowest BCUT2D eigenvalue weighted by atomic mass is 10.3. The number of anilines is 1. The van der Waals surface area contributed by atoms with Crippen LogP contribution >= 0.6 is 0 Å². The molecule has 0 spiro atoms. The second kappa shape index (κ2) is 4.40. The van der Waals surface area contributed by atoms with Gasteiger partial charge in [-0.2, -0.15) is 23.0 Å². The van der Waals surface area contributed by atoms with Crippen LogP contribution in [0.25, 0.3) is 16.9 Å². The molecule has 3 aromatic rings. The number of aryl methyl sites for hydroxylation is 1. The van der Waals surface area contributed by atoms with Crippen molar-refractivity contribution in [2.75, 3.05) is 5.73 Å². The van der Waals surface area contributed by atoms with Crippen LogP contribution in [0.3, 0.4) is 0 Å². The summed E-state index contributed by atoms with van der Waals surface area (Å²) < 4.78 is 38.9. The number of rotatable bonds is 1. The summed E-state index contributed by atoms with van der Waals surface area (Å²) in [5.41, 5.74) is 5.33. The molecular weight excluding hydrogens is 285 g/mol. The molecule has 0 saturated carbocycles. The van der Waals surface area contributed by atoms with Gasteiger partial charge in [-0.15, -0.1) is 0 Å². The highest BCUT2D eigenvalue weighted by Crippen LogP contribution is 2.29. The van der Waals surface area contributed by atoms with Gasteiger partial charge in [0.15, 0.2) is 11.5 Å². The van der Waals surface area contributed by atoms with E-state index in [4.69, 9.17) is 5.73 Å². The van der Waals surface area contributed by atoms with Crippen LogP contribution in [-0.4, -0.2) is 24.7 Å². The number of aromatic nitrogens is 5. The van der Waals surface area contributed by atoms with Crippen LogP contribution in [0.4, 0.5) is 19.0 Å². The van der Waals surface area contributed by atoms with Crippen molar-refractivity contribution in [2.24, 2.45) is 0 Å². The fourth-order valence-electron chi connectivity index (χ4n) is 1.89. The van der Waals surface area contributed by atoms with Gasteiger partial charge in [0.25, 0.3) is 0 Å². The third kappa shape index (κ3) is 2.26. The largest absolute Gasteiger partial charge is 0.417 e. The molecule has 0 fully saturated rings. The smallest absolute Gasteiger partial charge is 0.383 e. The number of fused-ring (bicyclic) bond motifs is 1. The van der Waals surface area contributed by atoms with E-state index in [0.29, 0.717) is 16.9 Å². The third-order valence-electron chi connectivity index (χ3n) is 2.86. The second-order valence-electron chi connectivity index (χ2n) is 4.35. The molecule has 108 valence electrons. The molecule has 0 unspecified atom stereocenters. The molecule has 9 heteroatoms. The summed E-state index contributed by atoms with van der Waals surface area (Å²) in [4.78, 5) is 12.0. The van der Waals surface area contributed by atoms with Crippen LogP contribution in [0.1, 0.15) is 11.4 Å². The first-order chi connectivity index (χ1) is 9.86. The maximum Gasteiger partial charge on any atom is 0.417 e. The molecule has 3 aromatic heterocycles. The lowest BCUT2D eigenvalue weighted by molar-refractivity contribution is -0.137. The summed E-state index contributed by atoms with van der Waals surface area (Å²) in [7, 11) is 0. The molecule has 0 atom stereocenters. The van der Waals surface area contributed by atoms with Gasteiger partial charge in [-0.3, -0.25) is 0 Å². The molecule has 2 N–H and O–H groups in total. The number of alkyl halides is 3. The maximum atomic E-state index is 12.5. The molecule has 6 nitrogen and oxygen atoms in total. The molecular formula is C12H9F3N6. The fourth-order valence-corrected chi connectivity index (χ4v) is 1.89. The van der Waals surface area contributed by atoms with Gasteiger partial charge in [0, 0.05) is 6.20 Å². The van der Waals surface area contributed by atoms with Crippen LogP contribution in [0, 0.1) is 6.92 Å². The lowest BCUT2D eigenvalue weighted by Gasteiger charge is -2.07. The molecule has 0 amide bonds. The van der Waals surface area contributed by atoms with Crippen LogP contribution in [0.5, 0.6) is 0 Å². The van der Waals surface area contributed by atoms with Gasteiger partial charge in [0.05, 0.1) is 17.1 Å². The topological polar surface area (TPSA) is 82.5 Å². The number of hydrogen-bond donors (Lipinski definition) is 1. The number of nitrogens with two attached hydrogens (primary N) is 1. The standard InChI is InChI=1S/C12H9F3N6/c1-6-19-10(16)8-5-18-21(11(8)20-6)9-3-2-7(4-17-9)12(13,14)15/h2-5H,1H3,(H2,16,19,20). The Kier molecular flexibility index (Phi) is 2.78. The number of nitrogen functional groups attached to an aromatic ring is 1. The molecule has 0 aliphatic carbocycles. The quantitative estimate of drug-likeness (QED) is 0.743. The van der Waals surface area contributed by atoms with Gasteiger partial charge < -0.3 is 5.73 Å². The van der Waals surface area contributed by atoms with E-state index in [9.17, 15) is 13.2 Å². The molecule has 0 bridgehead atoms. The first-order valence-electron chi connectivity index (χ1n) is 5.88. The first-order valence-corrected chi connectivity index (χ1v) is 5.88. The monoisotopic (exact) mass is 294 g/mol. The van der Waals surface area contributed by atoms with E-state index < -0.39 is 11.7 Å². The molecule has 0 aliphatic rings. The van der Waals surface area contributed by atoms with Crippen molar-refractivity contribution in [3.05, 3.63) is 35.9 Å². The van der Waals surface area contributed by atoms with Crippen molar-refractivity contribution in [3.8, 4) is 5.82 Å². The van der Waals surface area contributed by atoms with Crippen LogP contribution < -0.4 is 5.73 Å². The van der Waals surface area contributed by atoms with Crippen molar-refractivity contribution in [3.63, 3.8) is 0 Å². The van der Waals surface area contributed by atoms with Crippen LogP contribution in [0.15, 0.2) is 24.5 Å². The van der Waals surface area contributed by atoms with E-state index in [1.807, 2.05) is 0 Å². The summed E-state index contributed by atoms with van der Waals surface area (Å²) in [5.74, 6) is 0.917. The number of halogens is 3. The Morgan fingerprint density at radius 1 is 1.14 bits per heavy atom. The molecule has 3 rings (SSSR count). The van der Waals surface area contributed by atoms with Gasteiger partial charge in [-0.05, 0) is 19.1 Å². The molecule has 21 heavy (non-hydrogen) atoms. The minimum absolute atomic E-state index is 0.218. The Labute approximate surface area is 116 Å². The maximum absolute atomic E-state index is 12.5. The zero-order chi connectivity index (χ0) is 15.2. The second-order valence-corrected chi connectivity index (χ2v) is 4.35. The number of hydrogen-bond acceptors (Lipinski definition) is 5. The van der Waals surface area contributed by atoms with E-state index >= 15 is 0 Å². The molecule has 0 aromatic carbocycles. The van der Waals surface area contributed by atoms with Crippen LogP contribution in [-0.2, 0) is 6.18 Å². The van der Waals surface area contributed by atoms with Crippen LogP contribution in [0.2, 0.25) is 0 Å². The minimum Gasteiger partial charge on any atom is -0.383 e. The summed E-state index contributed by atoms with van der Waals surface area (Å²) in [6.45, 7) is 1.66. The summed E-state index contributed by atoms with van der Waals surface area (Å²) in [6, 6.07) is 2.16. The normalized spacial score (nSPS) is 12.0. The third-order valence-corrected chi connectivity index (χ3v) is 2.86. The van der Waals surface area contributed by atoms with Crippen molar-refractivity contribution < 1.29 is 13.2 Å². The van der Waals surface area contributed by atoms with E-state index in [1.165, 1.54) is 16.9 Å². The summed E-state index contributed by atoms with van der Waals surface area (Å²) in [5, 5.41) is 4.57. The molecule has 3 heterocycles. The van der Waals surface area contributed by atoms with E-state index in [-0.39, 0.29) is 11.6 Å². The highest BCUT2D eigenvalue weighted by Gasteiger charge is 2.30. The fraction of sp³-hybridized carbons (Fsp3) is 0.167.